The minimum absolute atomic E-state index is 0.0296. The number of ether oxygens (including phenoxy) is 1. The van der Waals surface area contributed by atoms with E-state index < -0.39 is 11.7 Å². The maximum atomic E-state index is 13.7. The molecule has 1 amide bonds. The minimum atomic E-state index is -0.567. The molecule has 1 aliphatic carbocycles. The van der Waals surface area contributed by atoms with Crippen LogP contribution in [0.1, 0.15) is 36.0 Å². The van der Waals surface area contributed by atoms with Gasteiger partial charge in [-0.1, -0.05) is 6.07 Å². The van der Waals surface area contributed by atoms with E-state index in [2.05, 4.69) is 5.32 Å². The molecule has 0 heterocycles. The lowest BCUT2D eigenvalue weighted by atomic mass is 9.94. The van der Waals surface area contributed by atoms with E-state index >= 15 is 0 Å². The number of carbonyl (C=O) groups is 1. The van der Waals surface area contributed by atoms with E-state index in [9.17, 15) is 9.18 Å². The Morgan fingerprint density at radius 2 is 2.05 bits per heavy atom. The van der Waals surface area contributed by atoms with E-state index in [0.717, 1.165) is 25.7 Å². The molecular weight excluding hydrogens is 269 g/mol. The summed E-state index contributed by atoms with van der Waals surface area (Å²) in [5.41, 5.74) is -0.0296. The number of nitrogens with one attached hydrogen (secondary N) is 1. The van der Waals surface area contributed by atoms with Gasteiger partial charge in [-0.05, 0) is 37.8 Å². The largest absolute Gasteiger partial charge is 0.496 e. The predicted molar refractivity (Wildman–Crippen MR) is 72.3 cm³/mol. The Morgan fingerprint density at radius 1 is 1.37 bits per heavy atom. The molecule has 0 spiro atoms. The van der Waals surface area contributed by atoms with Crippen LogP contribution in [0.3, 0.4) is 0 Å². The summed E-state index contributed by atoms with van der Waals surface area (Å²) in [6, 6.07) is 4.41. The quantitative estimate of drug-likeness (QED) is 0.867. The molecule has 0 atom stereocenters. The Balaban J connectivity index is 2.08. The number of benzene rings is 1. The van der Waals surface area contributed by atoms with Crippen LogP contribution in [0.5, 0.6) is 5.75 Å². The van der Waals surface area contributed by atoms with Crippen LogP contribution in [-0.2, 0) is 0 Å². The number of methoxy groups -OCH3 is 1. The summed E-state index contributed by atoms with van der Waals surface area (Å²) in [5.74, 6) is -0.737. The van der Waals surface area contributed by atoms with E-state index in [1.807, 2.05) is 0 Å². The summed E-state index contributed by atoms with van der Waals surface area (Å²) >= 11 is 6.02. The van der Waals surface area contributed by atoms with E-state index in [1.165, 1.54) is 19.2 Å². The standard InChI is InChI=1S/C14H17ClFNO2/c1-19-12-4-2-3-11(16)13(12)14(18)17-10-7-5-9(15)6-8-10/h2-4,9-10H,5-8H2,1H3,(H,17,18). The fourth-order valence-corrected chi connectivity index (χ4v) is 2.60. The van der Waals surface area contributed by atoms with Crippen LogP contribution >= 0.6 is 11.6 Å². The highest BCUT2D eigenvalue weighted by Crippen LogP contribution is 2.25. The Hall–Kier alpha value is -1.29. The minimum Gasteiger partial charge on any atom is -0.496 e. The Morgan fingerprint density at radius 3 is 2.68 bits per heavy atom. The van der Waals surface area contributed by atoms with Gasteiger partial charge in [0.25, 0.3) is 5.91 Å². The molecule has 5 heteroatoms. The number of amides is 1. The number of alkyl halides is 1. The second kappa shape index (κ2) is 6.24. The van der Waals surface area contributed by atoms with Gasteiger partial charge in [-0.15, -0.1) is 11.6 Å². The van der Waals surface area contributed by atoms with Gasteiger partial charge in [0.15, 0.2) is 0 Å². The van der Waals surface area contributed by atoms with E-state index in [1.54, 1.807) is 6.07 Å². The van der Waals surface area contributed by atoms with Gasteiger partial charge in [-0.3, -0.25) is 4.79 Å². The molecule has 0 saturated heterocycles. The van der Waals surface area contributed by atoms with Crippen molar-refractivity contribution < 1.29 is 13.9 Å². The van der Waals surface area contributed by atoms with Crippen molar-refractivity contribution >= 4 is 17.5 Å². The van der Waals surface area contributed by atoms with Crippen LogP contribution in [-0.4, -0.2) is 24.4 Å². The summed E-state index contributed by atoms with van der Waals surface area (Å²) in [7, 11) is 1.42. The van der Waals surface area contributed by atoms with Crippen molar-refractivity contribution in [3.05, 3.63) is 29.6 Å². The summed E-state index contributed by atoms with van der Waals surface area (Å²) in [6.07, 6.45) is 3.41. The van der Waals surface area contributed by atoms with Crippen molar-refractivity contribution in [3.8, 4) is 5.75 Å². The van der Waals surface area contributed by atoms with Gasteiger partial charge in [0, 0.05) is 11.4 Å². The molecule has 1 aromatic carbocycles. The van der Waals surface area contributed by atoms with Crippen molar-refractivity contribution in [1.29, 1.82) is 0 Å². The molecule has 1 fully saturated rings. The second-order valence-electron chi connectivity index (χ2n) is 4.74. The summed E-state index contributed by atoms with van der Waals surface area (Å²) in [6.45, 7) is 0. The molecule has 1 N–H and O–H groups in total. The van der Waals surface area contributed by atoms with Crippen LogP contribution in [0.4, 0.5) is 4.39 Å². The molecule has 0 aromatic heterocycles. The molecule has 1 aliphatic rings. The summed E-state index contributed by atoms with van der Waals surface area (Å²) in [5, 5.41) is 3.04. The molecule has 19 heavy (non-hydrogen) atoms. The van der Waals surface area contributed by atoms with Crippen molar-refractivity contribution in [1.82, 2.24) is 5.32 Å². The topological polar surface area (TPSA) is 38.3 Å². The second-order valence-corrected chi connectivity index (χ2v) is 5.36. The third-order valence-electron chi connectivity index (χ3n) is 3.41. The molecule has 3 nitrogen and oxygen atoms in total. The van der Waals surface area contributed by atoms with Crippen molar-refractivity contribution in [2.24, 2.45) is 0 Å². The van der Waals surface area contributed by atoms with Crippen molar-refractivity contribution in [2.75, 3.05) is 7.11 Å². The highest BCUT2D eigenvalue weighted by Gasteiger charge is 2.24. The number of rotatable bonds is 3. The first-order valence-corrected chi connectivity index (χ1v) is 6.83. The zero-order chi connectivity index (χ0) is 13.8. The monoisotopic (exact) mass is 285 g/mol. The SMILES string of the molecule is COc1cccc(F)c1C(=O)NC1CCC(Cl)CC1. The first-order chi connectivity index (χ1) is 9.11. The Labute approximate surface area is 117 Å². The van der Waals surface area contributed by atoms with Crippen LogP contribution in [0.15, 0.2) is 18.2 Å². The van der Waals surface area contributed by atoms with E-state index in [-0.39, 0.29) is 22.7 Å². The smallest absolute Gasteiger partial charge is 0.258 e. The molecule has 0 aliphatic heterocycles. The van der Waals surface area contributed by atoms with Crippen molar-refractivity contribution in [2.45, 2.75) is 37.1 Å². The highest BCUT2D eigenvalue weighted by atomic mass is 35.5. The van der Waals surface area contributed by atoms with E-state index in [0.29, 0.717) is 0 Å². The first kappa shape index (κ1) is 14.1. The number of hydrogen-bond acceptors (Lipinski definition) is 2. The van der Waals surface area contributed by atoms with Crippen LogP contribution in [0.25, 0.3) is 0 Å². The molecule has 1 saturated carbocycles. The third kappa shape index (κ3) is 3.38. The zero-order valence-electron chi connectivity index (χ0n) is 10.8. The van der Waals surface area contributed by atoms with Gasteiger partial charge >= 0.3 is 0 Å². The van der Waals surface area contributed by atoms with Gasteiger partial charge in [0.2, 0.25) is 0 Å². The maximum Gasteiger partial charge on any atom is 0.258 e. The van der Waals surface area contributed by atoms with E-state index in [4.69, 9.17) is 16.3 Å². The lowest BCUT2D eigenvalue weighted by Crippen LogP contribution is -2.38. The molecular formula is C14H17ClFNO2. The number of carbonyl (C=O) groups excluding carboxylic acids is 1. The first-order valence-electron chi connectivity index (χ1n) is 6.39. The maximum absolute atomic E-state index is 13.7. The zero-order valence-corrected chi connectivity index (χ0v) is 11.5. The lowest BCUT2D eigenvalue weighted by Gasteiger charge is -2.26. The van der Waals surface area contributed by atoms with Crippen LogP contribution in [0, 0.1) is 5.82 Å². The molecule has 104 valence electrons. The van der Waals surface area contributed by atoms with Gasteiger partial charge in [-0.2, -0.15) is 0 Å². The normalized spacial score (nSPS) is 22.9. The average molecular weight is 286 g/mol. The molecule has 0 radical (unpaired) electrons. The summed E-state index contributed by atoms with van der Waals surface area (Å²) in [4.78, 5) is 12.1. The van der Waals surface area contributed by atoms with Crippen LogP contribution in [0.2, 0.25) is 0 Å². The van der Waals surface area contributed by atoms with Crippen molar-refractivity contribution in [3.63, 3.8) is 0 Å². The molecule has 2 rings (SSSR count). The molecule has 0 bridgehead atoms. The average Bonchev–Trinajstić information content (AvgIpc) is 2.40. The Bertz CT molecular complexity index is 459. The molecule has 1 aromatic rings. The Kier molecular flexibility index (Phi) is 4.64. The van der Waals surface area contributed by atoms with Gasteiger partial charge < -0.3 is 10.1 Å². The predicted octanol–water partition coefficient (Wildman–Crippen LogP) is 3.11. The fourth-order valence-electron chi connectivity index (χ4n) is 2.35. The van der Waals surface area contributed by atoms with Gasteiger partial charge in [0.1, 0.15) is 17.1 Å². The summed E-state index contributed by atoms with van der Waals surface area (Å²) < 4.78 is 18.8. The van der Waals surface area contributed by atoms with Gasteiger partial charge in [-0.25, -0.2) is 4.39 Å². The van der Waals surface area contributed by atoms with Crippen LogP contribution < -0.4 is 10.1 Å². The lowest BCUT2D eigenvalue weighted by molar-refractivity contribution is 0.0920. The third-order valence-corrected chi connectivity index (χ3v) is 3.85. The fraction of sp³-hybridized carbons (Fsp3) is 0.500. The number of hydrogen-bond donors (Lipinski definition) is 1. The number of halogens is 2. The highest BCUT2D eigenvalue weighted by molar-refractivity contribution is 6.20. The van der Waals surface area contributed by atoms with Gasteiger partial charge in [0.05, 0.1) is 7.11 Å². The molecule has 0 unspecified atom stereocenters.